The van der Waals surface area contributed by atoms with Crippen LogP contribution < -0.4 is 21.9 Å². The highest BCUT2D eigenvalue weighted by Crippen LogP contribution is 2.05. The van der Waals surface area contributed by atoms with Gasteiger partial charge in [-0.1, -0.05) is 0 Å². The van der Waals surface area contributed by atoms with Gasteiger partial charge in [0.05, 0.1) is 17.1 Å². The molecular formula is C14H13N7O3. The van der Waals surface area contributed by atoms with Crippen LogP contribution in [0.15, 0.2) is 40.4 Å². The largest absolute Gasteiger partial charge is 0.367 e. The molecule has 0 aliphatic heterocycles. The van der Waals surface area contributed by atoms with Crippen molar-refractivity contribution >= 4 is 22.8 Å². The number of nitrogens with one attached hydrogen (secondary N) is 4. The molecule has 0 fully saturated rings. The lowest BCUT2D eigenvalue weighted by Crippen LogP contribution is -2.29. The van der Waals surface area contributed by atoms with Crippen LogP contribution in [-0.4, -0.2) is 43.9 Å². The van der Waals surface area contributed by atoms with E-state index in [1.54, 1.807) is 18.6 Å². The number of rotatable bonds is 5. The summed E-state index contributed by atoms with van der Waals surface area (Å²) in [6, 6.07) is 1.38. The van der Waals surface area contributed by atoms with Gasteiger partial charge in [0, 0.05) is 31.7 Å². The molecule has 10 nitrogen and oxygen atoms in total. The van der Waals surface area contributed by atoms with Crippen LogP contribution in [0.25, 0.3) is 11.0 Å². The predicted octanol–water partition coefficient (Wildman–Crippen LogP) is -0.757. The van der Waals surface area contributed by atoms with Crippen molar-refractivity contribution in [3.8, 4) is 0 Å². The van der Waals surface area contributed by atoms with E-state index >= 15 is 0 Å². The van der Waals surface area contributed by atoms with E-state index in [2.05, 4.69) is 35.6 Å². The van der Waals surface area contributed by atoms with Gasteiger partial charge in [0.2, 0.25) is 0 Å². The third-order valence-electron chi connectivity index (χ3n) is 3.13. The molecule has 0 saturated carbocycles. The summed E-state index contributed by atoms with van der Waals surface area (Å²) in [5, 5.41) is 5.83. The lowest BCUT2D eigenvalue weighted by atomic mass is 10.2. The summed E-state index contributed by atoms with van der Waals surface area (Å²) in [5.74, 6) is 0.227. The first kappa shape index (κ1) is 15.3. The summed E-state index contributed by atoms with van der Waals surface area (Å²) < 4.78 is 0. The number of carbonyl (C=O) groups excluding carboxylic acids is 1. The number of hydrogen-bond donors (Lipinski definition) is 4. The monoisotopic (exact) mass is 327 g/mol. The molecule has 0 aliphatic rings. The number of amides is 1. The molecule has 24 heavy (non-hydrogen) atoms. The highest BCUT2D eigenvalue weighted by molar-refractivity contribution is 5.96. The van der Waals surface area contributed by atoms with Crippen molar-refractivity contribution in [2.75, 3.05) is 18.4 Å². The van der Waals surface area contributed by atoms with E-state index in [1.165, 1.54) is 12.3 Å². The Labute approximate surface area is 134 Å². The molecule has 0 spiro atoms. The third kappa shape index (κ3) is 3.43. The number of carbonyl (C=O) groups is 1. The van der Waals surface area contributed by atoms with Gasteiger partial charge in [-0.3, -0.25) is 24.5 Å². The van der Waals surface area contributed by atoms with Crippen molar-refractivity contribution < 1.29 is 4.79 Å². The Morgan fingerprint density at radius 1 is 1.08 bits per heavy atom. The Kier molecular flexibility index (Phi) is 4.27. The van der Waals surface area contributed by atoms with Crippen molar-refractivity contribution in [3.63, 3.8) is 0 Å². The maximum atomic E-state index is 12.1. The predicted molar refractivity (Wildman–Crippen MR) is 85.8 cm³/mol. The van der Waals surface area contributed by atoms with E-state index in [0.717, 1.165) is 0 Å². The first-order valence-corrected chi connectivity index (χ1v) is 7.04. The standard InChI is InChI=1S/C14H13N7O3/c22-12(18-4-3-17-10-7-15-1-2-16-10)8-5-9-11(19-6-8)20-14(24)21-13(9)23/h1-2,5-7H,3-4H2,(H,16,17)(H,18,22)(H2,19,20,21,23,24). The van der Waals surface area contributed by atoms with Crippen LogP contribution >= 0.6 is 0 Å². The van der Waals surface area contributed by atoms with E-state index < -0.39 is 11.2 Å². The number of H-pyrrole nitrogens is 2. The van der Waals surface area contributed by atoms with E-state index in [9.17, 15) is 14.4 Å². The molecule has 0 bridgehead atoms. The van der Waals surface area contributed by atoms with Crippen LogP contribution in [0.4, 0.5) is 5.82 Å². The highest BCUT2D eigenvalue weighted by Gasteiger charge is 2.09. The normalized spacial score (nSPS) is 10.5. The smallest absolute Gasteiger partial charge is 0.327 e. The molecule has 3 aromatic rings. The van der Waals surface area contributed by atoms with Gasteiger partial charge in [-0.05, 0) is 6.07 Å². The SMILES string of the molecule is O=C(NCCNc1cnccn1)c1cnc2[nH]c(=O)[nH]c(=O)c2c1. The number of aromatic amines is 2. The van der Waals surface area contributed by atoms with E-state index in [0.29, 0.717) is 18.9 Å². The molecule has 10 heteroatoms. The summed E-state index contributed by atoms with van der Waals surface area (Å²) in [6.07, 6.45) is 5.99. The minimum Gasteiger partial charge on any atom is -0.367 e. The minimum absolute atomic E-state index is 0.129. The fourth-order valence-corrected chi connectivity index (χ4v) is 2.03. The lowest BCUT2D eigenvalue weighted by Gasteiger charge is -2.07. The second kappa shape index (κ2) is 6.69. The Balaban J connectivity index is 1.64. The number of nitrogens with zero attached hydrogens (tertiary/aromatic N) is 3. The number of anilines is 1. The molecule has 3 rings (SSSR count). The van der Waals surface area contributed by atoms with Crippen LogP contribution in [0, 0.1) is 0 Å². The van der Waals surface area contributed by atoms with E-state index in [-0.39, 0.29) is 22.5 Å². The Bertz CT molecular complexity index is 981. The molecule has 1 amide bonds. The van der Waals surface area contributed by atoms with E-state index in [4.69, 9.17) is 0 Å². The molecule has 4 N–H and O–H groups in total. The summed E-state index contributed by atoms with van der Waals surface area (Å²) in [6.45, 7) is 0.800. The summed E-state index contributed by atoms with van der Waals surface area (Å²) in [7, 11) is 0. The molecule has 0 aromatic carbocycles. The molecule has 3 heterocycles. The minimum atomic E-state index is -0.646. The quantitative estimate of drug-likeness (QED) is 0.451. The number of pyridine rings is 1. The highest BCUT2D eigenvalue weighted by atomic mass is 16.2. The maximum Gasteiger partial charge on any atom is 0.327 e. The molecule has 0 saturated heterocycles. The summed E-state index contributed by atoms with van der Waals surface area (Å²) >= 11 is 0. The van der Waals surface area contributed by atoms with Crippen LogP contribution in [0.3, 0.4) is 0 Å². The van der Waals surface area contributed by atoms with Crippen molar-refractivity contribution in [2.24, 2.45) is 0 Å². The van der Waals surface area contributed by atoms with Crippen molar-refractivity contribution in [3.05, 3.63) is 57.3 Å². The van der Waals surface area contributed by atoms with Gasteiger partial charge < -0.3 is 10.6 Å². The molecule has 0 atom stereocenters. The lowest BCUT2D eigenvalue weighted by molar-refractivity contribution is 0.0955. The van der Waals surface area contributed by atoms with Gasteiger partial charge in [-0.25, -0.2) is 14.8 Å². The fraction of sp³-hybridized carbons (Fsp3) is 0.143. The molecule has 3 aromatic heterocycles. The second-order valence-electron chi connectivity index (χ2n) is 4.80. The number of hydrogen-bond acceptors (Lipinski definition) is 7. The van der Waals surface area contributed by atoms with Gasteiger partial charge in [-0.2, -0.15) is 0 Å². The van der Waals surface area contributed by atoms with Crippen LogP contribution in [0.5, 0.6) is 0 Å². The van der Waals surface area contributed by atoms with Gasteiger partial charge in [0.1, 0.15) is 11.5 Å². The maximum absolute atomic E-state index is 12.1. The third-order valence-corrected chi connectivity index (χ3v) is 3.13. The van der Waals surface area contributed by atoms with Crippen LogP contribution in [0.1, 0.15) is 10.4 Å². The second-order valence-corrected chi connectivity index (χ2v) is 4.80. The number of fused-ring (bicyclic) bond motifs is 1. The van der Waals surface area contributed by atoms with Gasteiger partial charge in [0.25, 0.3) is 11.5 Å². The zero-order valence-corrected chi connectivity index (χ0v) is 12.4. The average Bonchev–Trinajstić information content (AvgIpc) is 2.59. The molecule has 0 unspecified atom stereocenters. The zero-order valence-electron chi connectivity index (χ0n) is 12.4. The molecular weight excluding hydrogens is 314 g/mol. The fourth-order valence-electron chi connectivity index (χ4n) is 2.03. The Morgan fingerprint density at radius 3 is 2.75 bits per heavy atom. The van der Waals surface area contributed by atoms with Gasteiger partial charge >= 0.3 is 5.69 Å². The molecule has 122 valence electrons. The summed E-state index contributed by atoms with van der Waals surface area (Å²) in [4.78, 5) is 51.3. The van der Waals surface area contributed by atoms with Crippen molar-refractivity contribution in [2.45, 2.75) is 0 Å². The molecule has 0 aliphatic carbocycles. The zero-order chi connectivity index (χ0) is 16.9. The number of aromatic nitrogens is 5. The van der Waals surface area contributed by atoms with Gasteiger partial charge in [-0.15, -0.1) is 0 Å². The van der Waals surface area contributed by atoms with E-state index in [1.807, 2.05) is 0 Å². The average molecular weight is 327 g/mol. The topological polar surface area (TPSA) is 146 Å². The van der Waals surface area contributed by atoms with Crippen LogP contribution in [0.2, 0.25) is 0 Å². The first-order chi connectivity index (χ1) is 11.6. The van der Waals surface area contributed by atoms with Crippen molar-refractivity contribution in [1.82, 2.24) is 30.2 Å². The van der Waals surface area contributed by atoms with Crippen molar-refractivity contribution in [1.29, 1.82) is 0 Å². The van der Waals surface area contributed by atoms with Gasteiger partial charge in [0.15, 0.2) is 0 Å². The molecule has 0 radical (unpaired) electrons. The Morgan fingerprint density at radius 2 is 1.96 bits per heavy atom. The first-order valence-electron chi connectivity index (χ1n) is 7.04. The van der Waals surface area contributed by atoms with Crippen LogP contribution in [-0.2, 0) is 0 Å². The summed E-state index contributed by atoms with van der Waals surface area (Å²) in [5.41, 5.74) is -0.892. The Hall–Kier alpha value is -3.56.